The van der Waals surface area contributed by atoms with E-state index in [1.807, 2.05) is 17.1 Å². The third-order valence-corrected chi connectivity index (χ3v) is 2.97. The van der Waals surface area contributed by atoms with E-state index >= 15 is 0 Å². The van der Waals surface area contributed by atoms with E-state index < -0.39 is 0 Å². The second-order valence-corrected chi connectivity index (χ2v) is 4.94. The summed E-state index contributed by atoms with van der Waals surface area (Å²) in [6.07, 6.45) is 7.80. The first-order chi connectivity index (χ1) is 10.3. The van der Waals surface area contributed by atoms with Crippen LogP contribution in [0.3, 0.4) is 0 Å². The molecule has 0 atom stereocenters. The summed E-state index contributed by atoms with van der Waals surface area (Å²) >= 11 is 0. The molecule has 0 saturated carbocycles. The average molecular weight is 292 g/mol. The lowest BCUT2D eigenvalue weighted by molar-refractivity contribution is 0.289. The van der Waals surface area contributed by atoms with Crippen molar-refractivity contribution in [1.82, 2.24) is 30.1 Å². The molecular weight excluding hydrogens is 268 g/mol. The van der Waals surface area contributed by atoms with Gasteiger partial charge in [-0.15, -0.1) is 5.10 Å². The highest BCUT2D eigenvalue weighted by Gasteiger charge is 2.02. The van der Waals surface area contributed by atoms with Gasteiger partial charge in [0, 0.05) is 19.3 Å². The van der Waals surface area contributed by atoms with E-state index in [1.165, 1.54) is 0 Å². The van der Waals surface area contributed by atoms with Crippen LogP contribution in [0.15, 0.2) is 18.6 Å². The Balaban J connectivity index is 1.70. The molecular formula is C14H24N6O. The molecule has 1 N–H and O–H groups in total. The molecule has 0 unspecified atom stereocenters. The van der Waals surface area contributed by atoms with Crippen LogP contribution in [0.1, 0.15) is 32.4 Å². The third kappa shape index (κ3) is 5.18. The van der Waals surface area contributed by atoms with Gasteiger partial charge in [0.1, 0.15) is 6.61 Å². The maximum Gasteiger partial charge on any atom is 0.157 e. The van der Waals surface area contributed by atoms with E-state index in [0.717, 1.165) is 43.9 Å². The molecule has 2 aromatic rings. The molecule has 0 aliphatic heterocycles. The Bertz CT molecular complexity index is 521. The van der Waals surface area contributed by atoms with Crippen molar-refractivity contribution in [2.45, 2.75) is 46.3 Å². The number of aromatic nitrogens is 5. The van der Waals surface area contributed by atoms with E-state index in [2.05, 4.69) is 34.6 Å². The van der Waals surface area contributed by atoms with Gasteiger partial charge in [-0.1, -0.05) is 19.1 Å². The van der Waals surface area contributed by atoms with Gasteiger partial charge in [0.25, 0.3) is 0 Å². The van der Waals surface area contributed by atoms with E-state index in [4.69, 9.17) is 4.74 Å². The van der Waals surface area contributed by atoms with Gasteiger partial charge in [0.15, 0.2) is 5.75 Å². The van der Waals surface area contributed by atoms with E-state index in [-0.39, 0.29) is 0 Å². The number of aryl methyl sites for hydroxylation is 1. The van der Waals surface area contributed by atoms with Gasteiger partial charge >= 0.3 is 0 Å². The highest BCUT2D eigenvalue weighted by molar-refractivity contribution is 5.11. The smallest absolute Gasteiger partial charge is 0.157 e. The molecule has 0 saturated heterocycles. The van der Waals surface area contributed by atoms with Crippen LogP contribution in [0.25, 0.3) is 0 Å². The van der Waals surface area contributed by atoms with Crippen LogP contribution in [0.2, 0.25) is 0 Å². The predicted octanol–water partition coefficient (Wildman–Crippen LogP) is 1.46. The number of ether oxygens (including phenoxy) is 1. The number of hydrogen-bond acceptors (Lipinski definition) is 5. The van der Waals surface area contributed by atoms with Gasteiger partial charge < -0.3 is 10.1 Å². The SMILES string of the molecule is CCCNCc1cn(CCOc2cnn(CCC)c2)nn1. The van der Waals surface area contributed by atoms with Crippen molar-refractivity contribution >= 4 is 0 Å². The maximum absolute atomic E-state index is 5.66. The fourth-order valence-electron chi connectivity index (χ4n) is 1.95. The zero-order chi connectivity index (χ0) is 14.9. The van der Waals surface area contributed by atoms with Crippen molar-refractivity contribution in [3.8, 4) is 5.75 Å². The van der Waals surface area contributed by atoms with Crippen LogP contribution in [0.4, 0.5) is 0 Å². The fraction of sp³-hybridized carbons (Fsp3) is 0.643. The largest absolute Gasteiger partial charge is 0.488 e. The standard InChI is InChI=1S/C14H24N6O/c1-3-5-15-9-13-11-20(18-17-13)7-8-21-14-10-16-19(12-14)6-4-2/h10-12,15H,3-9H2,1-2H3. The first kappa shape index (κ1) is 15.5. The summed E-state index contributed by atoms with van der Waals surface area (Å²) in [7, 11) is 0. The summed E-state index contributed by atoms with van der Waals surface area (Å²) in [5, 5.41) is 15.7. The summed E-state index contributed by atoms with van der Waals surface area (Å²) < 4.78 is 9.35. The third-order valence-electron chi connectivity index (χ3n) is 2.97. The summed E-state index contributed by atoms with van der Waals surface area (Å²) in [5.41, 5.74) is 0.958. The van der Waals surface area contributed by atoms with E-state index in [0.29, 0.717) is 13.2 Å². The van der Waals surface area contributed by atoms with Crippen LogP contribution in [-0.2, 0) is 19.6 Å². The zero-order valence-corrected chi connectivity index (χ0v) is 12.8. The van der Waals surface area contributed by atoms with Crippen LogP contribution in [-0.4, -0.2) is 37.9 Å². The van der Waals surface area contributed by atoms with Crippen LogP contribution >= 0.6 is 0 Å². The first-order valence-corrected chi connectivity index (χ1v) is 7.56. The second kappa shape index (κ2) is 8.41. The summed E-state index contributed by atoms with van der Waals surface area (Å²) in [5.74, 6) is 0.799. The molecule has 2 heterocycles. The van der Waals surface area contributed by atoms with E-state index in [9.17, 15) is 0 Å². The lowest BCUT2D eigenvalue weighted by atomic mass is 10.4. The van der Waals surface area contributed by atoms with Crippen molar-refractivity contribution in [2.24, 2.45) is 0 Å². The lowest BCUT2D eigenvalue weighted by Gasteiger charge is -2.02. The number of hydrogen-bond donors (Lipinski definition) is 1. The molecule has 0 fully saturated rings. The van der Waals surface area contributed by atoms with Gasteiger partial charge in [0.2, 0.25) is 0 Å². The maximum atomic E-state index is 5.66. The van der Waals surface area contributed by atoms with Gasteiger partial charge in [-0.3, -0.25) is 4.68 Å². The molecule has 2 rings (SSSR count). The predicted molar refractivity (Wildman–Crippen MR) is 80.0 cm³/mol. The second-order valence-electron chi connectivity index (χ2n) is 4.94. The average Bonchev–Trinajstić information content (AvgIpc) is 3.10. The van der Waals surface area contributed by atoms with Crippen molar-refractivity contribution < 1.29 is 4.74 Å². The Kier molecular flexibility index (Phi) is 6.21. The Labute approximate surface area is 125 Å². The van der Waals surface area contributed by atoms with Crippen molar-refractivity contribution in [1.29, 1.82) is 0 Å². The highest BCUT2D eigenvalue weighted by atomic mass is 16.5. The minimum Gasteiger partial charge on any atom is -0.488 e. The number of rotatable bonds is 10. The molecule has 0 bridgehead atoms. The van der Waals surface area contributed by atoms with Gasteiger partial charge in [-0.05, 0) is 19.4 Å². The molecule has 0 aromatic carbocycles. The summed E-state index contributed by atoms with van der Waals surface area (Å²) in [4.78, 5) is 0. The molecule has 0 spiro atoms. The quantitative estimate of drug-likeness (QED) is 0.671. The zero-order valence-electron chi connectivity index (χ0n) is 12.8. The Morgan fingerprint density at radius 3 is 2.86 bits per heavy atom. The highest BCUT2D eigenvalue weighted by Crippen LogP contribution is 2.08. The number of nitrogens with one attached hydrogen (secondary N) is 1. The normalized spacial score (nSPS) is 11.0. The van der Waals surface area contributed by atoms with Crippen molar-refractivity contribution in [2.75, 3.05) is 13.2 Å². The number of nitrogens with zero attached hydrogens (tertiary/aromatic N) is 5. The minimum absolute atomic E-state index is 0.559. The Morgan fingerprint density at radius 2 is 2.05 bits per heavy atom. The Morgan fingerprint density at radius 1 is 1.14 bits per heavy atom. The van der Waals surface area contributed by atoms with Gasteiger partial charge in [-0.2, -0.15) is 5.10 Å². The van der Waals surface area contributed by atoms with Gasteiger partial charge in [0.05, 0.1) is 24.6 Å². The molecule has 7 nitrogen and oxygen atoms in total. The van der Waals surface area contributed by atoms with Crippen LogP contribution in [0.5, 0.6) is 5.75 Å². The Hall–Kier alpha value is -1.89. The molecule has 0 aliphatic carbocycles. The molecule has 7 heteroatoms. The fourth-order valence-corrected chi connectivity index (χ4v) is 1.95. The topological polar surface area (TPSA) is 69.8 Å². The molecule has 116 valence electrons. The van der Waals surface area contributed by atoms with E-state index in [1.54, 1.807) is 10.9 Å². The molecule has 0 aliphatic rings. The van der Waals surface area contributed by atoms with Crippen molar-refractivity contribution in [3.63, 3.8) is 0 Å². The van der Waals surface area contributed by atoms with Gasteiger partial charge in [-0.25, -0.2) is 4.68 Å². The van der Waals surface area contributed by atoms with Crippen molar-refractivity contribution in [3.05, 3.63) is 24.3 Å². The first-order valence-electron chi connectivity index (χ1n) is 7.56. The summed E-state index contributed by atoms with van der Waals surface area (Å²) in [6, 6.07) is 0. The monoisotopic (exact) mass is 292 g/mol. The molecule has 21 heavy (non-hydrogen) atoms. The van der Waals surface area contributed by atoms with Crippen LogP contribution in [0, 0.1) is 0 Å². The van der Waals surface area contributed by atoms with Crippen LogP contribution < -0.4 is 10.1 Å². The molecule has 0 amide bonds. The lowest BCUT2D eigenvalue weighted by Crippen LogP contribution is -2.14. The minimum atomic E-state index is 0.559. The molecule has 0 radical (unpaired) electrons. The molecule has 2 aromatic heterocycles. The summed E-state index contributed by atoms with van der Waals surface area (Å²) in [6.45, 7) is 8.18.